The molecule has 2 N–H and O–H groups in total. The molecule has 0 bridgehead atoms. The second-order valence-electron chi connectivity index (χ2n) is 8.06. The minimum Gasteiger partial charge on any atom is -0.482 e. The fourth-order valence-electron chi connectivity index (χ4n) is 3.98. The zero-order chi connectivity index (χ0) is 23.6. The van der Waals surface area contributed by atoms with Crippen LogP contribution in [-0.4, -0.2) is 23.0 Å². The molecule has 33 heavy (non-hydrogen) atoms. The van der Waals surface area contributed by atoms with E-state index in [-0.39, 0.29) is 17.1 Å². The number of nitrogens with zero attached hydrogens (tertiary/aromatic N) is 2. The number of hydrogen-bond donors (Lipinski definition) is 1. The fraction of sp³-hybridized carbons (Fsp3) is 0.280. The molecule has 0 saturated carbocycles. The smallest absolute Gasteiger partial charge is 0.419 e. The van der Waals surface area contributed by atoms with E-state index < -0.39 is 23.7 Å². The van der Waals surface area contributed by atoms with Crippen molar-refractivity contribution in [2.45, 2.75) is 32.0 Å². The van der Waals surface area contributed by atoms with Crippen molar-refractivity contribution >= 4 is 5.82 Å². The molecule has 1 aliphatic heterocycles. The number of nitrogen functional groups attached to an aromatic ring is 1. The topological polar surface area (TPSA) is 51.4 Å². The SMILES string of the molecule is C[C@H](Oc1cc(-c2ccc([CH]N3CCCC3)cc2)cnc1N)c1cccc(F)c1C(F)(F)F. The van der Waals surface area contributed by atoms with E-state index in [1.807, 2.05) is 24.3 Å². The highest BCUT2D eigenvalue weighted by molar-refractivity contribution is 5.67. The Morgan fingerprint density at radius 1 is 1.06 bits per heavy atom. The first-order valence-electron chi connectivity index (χ1n) is 10.7. The molecule has 0 unspecified atom stereocenters. The molecule has 1 aliphatic rings. The number of halogens is 4. The first kappa shape index (κ1) is 23.0. The lowest BCUT2D eigenvalue weighted by atomic mass is 10.0. The quantitative estimate of drug-likeness (QED) is 0.445. The van der Waals surface area contributed by atoms with Crippen LogP contribution in [-0.2, 0) is 6.18 Å². The number of pyridine rings is 1. The summed E-state index contributed by atoms with van der Waals surface area (Å²) in [6, 6.07) is 12.7. The van der Waals surface area contributed by atoms with Gasteiger partial charge in [0.05, 0.1) is 12.1 Å². The minimum absolute atomic E-state index is 0.0366. The van der Waals surface area contributed by atoms with E-state index in [0.29, 0.717) is 5.56 Å². The Morgan fingerprint density at radius 2 is 1.76 bits per heavy atom. The average Bonchev–Trinajstić information content (AvgIpc) is 3.28. The second-order valence-corrected chi connectivity index (χ2v) is 8.06. The summed E-state index contributed by atoms with van der Waals surface area (Å²) >= 11 is 0. The highest BCUT2D eigenvalue weighted by Gasteiger charge is 2.38. The lowest BCUT2D eigenvalue weighted by molar-refractivity contribution is -0.141. The predicted molar refractivity (Wildman–Crippen MR) is 119 cm³/mol. The zero-order valence-corrected chi connectivity index (χ0v) is 18.1. The van der Waals surface area contributed by atoms with Crippen LogP contribution in [0.1, 0.15) is 42.6 Å². The Balaban J connectivity index is 1.55. The number of anilines is 1. The molecule has 4 nitrogen and oxygen atoms in total. The highest BCUT2D eigenvalue weighted by Crippen LogP contribution is 2.38. The molecule has 2 heterocycles. The minimum atomic E-state index is -4.85. The molecule has 173 valence electrons. The average molecular weight is 458 g/mol. The fourth-order valence-corrected chi connectivity index (χ4v) is 3.98. The molecule has 0 spiro atoms. The number of rotatable bonds is 6. The van der Waals surface area contributed by atoms with E-state index in [0.717, 1.165) is 30.3 Å². The predicted octanol–water partition coefficient (Wildman–Crippen LogP) is 6.23. The Hall–Kier alpha value is -3.13. The van der Waals surface area contributed by atoms with Crippen molar-refractivity contribution in [2.24, 2.45) is 0 Å². The summed E-state index contributed by atoms with van der Waals surface area (Å²) in [7, 11) is 0. The van der Waals surface area contributed by atoms with Gasteiger partial charge in [0, 0.05) is 17.3 Å². The number of aromatic nitrogens is 1. The summed E-state index contributed by atoms with van der Waals surface area (Å²) in [5, 5.41) is 0. The van der Waals surface area contributed by atoms with Gasteiger partial charge in [-0.05, 0) is 56.1 Å². The van der Waals surface area contributed by atoms with Crippen LogP contribution in [0, 0.1) is 12.4 Å². The Bertz CT molecular complexity index is 1110. The summed E-state index contributed by atoms with van der Waals surface area (Å²) in [6.45, 7) is 5.67. The van der Waals surface area contributed by atoms with Crippen LogP contribution in [0.25, 0.3) is 11.1 Å². The van der Waals surface area contributed by atoms with Crippen LogP contribution in [0.4, 0.5) is 23.4 Å². The molecule has 2 aromatic carbocycles. The standard InChI is InChI=1S/C25H24F4N3O/c1-16(20-5-4-6-21(26)23(20)25(27,28)29)33-22-13-19(14-31-24(22)30)18-9-7-17(8-10-18)15-32-11-2-3-12-32/h4-10,13-16H,2-3,11-12H2,1H3,(H2,30,31)/t16-/m0/s1. The van der Waals surface area contributed by atoms with E-state index >= 15 is 0 Å². The molecule has 1 aromatic heterocycles. The number of nitrogens with two attached hydrogens (primary N) is 1. The van der Waals surface area contributed by atoms with Gasteiger partial charge in [0.15, 0.2) is 11.6 Å². The number of likely N-dealkylation sites (tertiary alicyclic amines) is 1. The van der Waals surface area contributed by atoms with E-state index in [9.17, 15) is 17.6 Å². The largest absolute Gasteiger partial charge is 0.482 e. The molecular formula is C25H24F4N3O. The highest BCUT2D eigenvalue weighted by atomic mass is 19.4. The molecular weight excluding hydrogens is 434 g/mol. The van der Waals surface area contributed by atoms with E-state index in [1.165, 1.54) is 31.9 Å². The molecule has 0 amide bonds. The summed E-state index contributed by atoms with van der Waals surface area (Å²) in [5.41, 5.74) is 6.91. The number of ether oxygens (including phenoxy) is 1. The van der Waals surface area contributed by atoms with Gasteiger partial charge in [-0.25, -0.2) is 9.37 Å². The first-order valence-corrected chi connectivity index (χ1v) is 10.7. The van der Waals surface area contributed by atoms with Gasteiger partial charge in [-0.2, -0.15) is 13.2 Å². The molecule has 1 saturated heterocycles. The molecule has 4 rings (SSSR count). The van der Waals surface area contributed by atoms with Crippen LogP contribution >= 0.6 is 0 Å². The van der Waals surface area contributed by atoms with Crippen molar-refractivity contribution in [3.63, 3.8) is 0 Å². The van der Waals surface area contributed by atoms with Gasteiger partial charge in [0.25, 0.3) is 0 Å². The zero-order valence-electron chi connectivity index (χ0n) is 18.1. The van der Waals surface area contributed by atoms with Crippen LogP contribution in [0.5, 0.6) is 5.75 Å². The maximum absolute atomic E-state index is 14.0. The third-order valence-corrected chi connectivity index (χ3v) is 5.67. The van der Waals surface area contributed by atoms with E-state index in [4.69, 9.17) is 10.5 Å². The van der Waals surface area contributed by atoms with Crippen molar-refractivity contribution in [2.75, 3.05) is 18.8 Å². The van der Waals surface area contributed by atoms with Gasteiger partial charge in [-0.3, -0.25) is 4.90 Å². The van der Waals surface area contributed by atoms with Gasteiger partial charge in [-0.1, -0.05) is 36.4 Å². The Morgan fingerprint density at radius 3 is 2.42 bits per heavy atom. The Labute approximate surface area is 190 Å². The van der Waals surface area contributed by atoms with E-state index in [2.05, 4.69) is 16.4 Å². The third kappa shape index (κ3) is 5.27. The van der Waals surface area contributed by atoms with Gasteiger partial charge in [0.1, 0.15) is 11.9 Å². The maximum Gasteiger partial charge on any atom is 0.419 e. The van der Waals surface area contributed by atoms with E-state index in [1.54, 1.807) is 12.3 Å². The molecule has 0 aliphatic carbocycles. The number of benzene rings is 2. The van der Waals surface area contributed by atoms with Crippen molar-refractivity contribution in [3.8, 4) is 16.9 Å². The lowest BCUT2D eigenvalue weighted by Crippen LogP contribution is -2.16. The van der Waals surface area contributed by atoms with Crippen molar-refractivity contribution in [1.82, 2.24) is 9.88 Å². The normalized spacial score (nSPS) is 15.5. The summed E-state index contributed by atoms with van der Waals surface area (Å²) in [6.07, 6.45) is -1.97. The molecule has 1 atom stereocenters. The third-order valence-electron chi connectivity index (χ3n) is 5.67. The number of alkyl halides is 3. The Kier molecular flexibility index (Phi) is 6.56. The summed E-state index contributed by atoms with van der Waals surface area (Å²) in [5.74, 6) is -1.18. The van der Waals surface area contributed by atoms with Gasteiger partial charge in [0.2, 0.25) is 0 Å². The van der Waals surface area contributed by atoms with Crippen LogP contribution in [0.15, 0.2) is 54.7 Å². The molecule has 1 radical (unpaired) electrons. The van der Waals surface area contributed by atoms with Gasteiger partial charge < -0.3 is 10.5 Å². The summed E-state index contributed by atoms with van der Waals surface area (Å²) in [4.78, 5) is 6.42. The number of hydrogen-bond acceptors (Lipinski definition) is 4. The van der Waals surface area contributed by atoms with Crippen LogP contribution < -0.4 is 10.5 Å². The van der Waals surface area contributed by atoms with Crippen molar-refractivity contribution in [3.05, 3.63) is 83.8 Å². The van der Waals surface area contributed by atoms with Gasteiger partial charge >= 0.3 is 6.18 Å². The first-order chi connectivity index (χ1) is 15.7. The lowest BCUT2D eigenvalue weighted by Gasteiger charge is -2.21. The van der Waals surface area contributed by atoms with Crippen LogP contribution in [0.3, 0.4) is 0 Å². The maximum atomic E-state index is 14.0. The van der Waals surface area contributed by atoms with Gasteiger partial charge in [-0.15, -0.1) is 0 Å². The second kappa shape index (κ2) is 9.39. The van der Waals surface area contributed by atoms with Crippen molar-refractivity contribution < 1.29 is 22.3 Å². The molecule has 8 heteroatoms. The molecule has 1 fully saturated rings. The monoisotopic (exact) mass is 458 g/mol. The molecule has 3 aromatic rings. The van der Waals surface area contributed by atoms with Crippen LogP contribution in [0.2, 0.25) is 0 Å². The summed E-state index contributed by atoms with van der Waals surface area (Å²) < 4.78 is 59.9. The van der Waals surface area contributed by atoms with Crippen molar-refractivity contribution in [1.29, 1.82) is 0 Å².